The van der Waals surface area contributed by atoms with Crippen LogP contribution < -0.4 is 14.8 Å². The number of unbranched alkanes of at least 4 members (excludes halogenated alkanes) is 1. The standard InChI is InChI=1S/C32H39BrN2O4/c1-5-6-17-34-32(37)29(19-24-11-8-7-9-12-24)35(21-25-13-10-14-27(18-25)38-4)31(36)22-39-30-16-15-26(23(2)3)20-28(30)33/h7-16,18,20,23,29H,5-6,17,19,21-22H2,1-4H3,(H,34,37)/t29-/m1/s1. The van der Waals surface area contributed by atoms with Crippen molar-refractivity contribution in [3.05, 3.63) is 94.0 Å². The number of hydrogen-bond acceptors (Lipinski definition) is 4. The molecule has 0 saturated heterocycles. The minimum Gasteiger partial charge on any atom is -0.497 e. The molecule has 0 aromatic heterocycles. The molecule has 39 heavy (non-hydrogen) atoms. The average molecular weight is 596 g/mol. The Morgan fingerprint density at radius 3 is 2.38 bits per heavy atom. The molecular weight excluding hydrogens is 556 g/mol. The van der Waals surface area contributed by atoms with Crippen LogP contribution in [0.2, 0.25) is 0 Å². The SMILES string of the molecule is CCCCNC(=O)[C@@H](Cc1ccccc1)N(Cc1cccc(OC)c1)C(=O)COc1ccc(C(C)C)cc1Br. The zero-order valence-corrected chi connectivity index (χ0v) is 24.9. The number of ether oxygens (including phenoxy) is 2. The lowest BCUT2D eigenvalue weighted by Crippen LogP contribution is -2.51. The average Bonchev–Trinajstić information content (AvgIpc) is 2.94. The summed E-state index contributed by atoms with van der Waals surface area (Å²) < 4.78 is 12.2. The van der Waals surface area contributed by atoms with Crippen LogP contribution in [0.1, 0.15) is 56.2 Å². The van der Waals surface area contributed by atoms with Crippen LogP contribution >= 0.6 is 15.9 Å². The number of amides is 2. The lowest BCUT2D eigenvalue weighted by atomic mass is 10.0. The summed E-state index contributed by atoms with van der Waals surface area (Å²) in [5.41, 5.74) is 3.01. The molecule has 1 atom stereocenters. The summed E-state index contributed by atoms with van der Waals surface area (Å²) in [5, 5.41) is 3.04. The maximum absolute atomic E-state index is 13.8. The molecule has 0 heterocycles. The first kappa shape index (κ1) is 30.2. The lowest BCUT2D eigenvalue weighted by molar-refractivity contribution is -0.142. The molecule has 3 aromatic carbocycles. The highest BCUT2D eigenvalue weighted by molar-refractivity contribution is 9.10. The van der Waals surface area contributed by atoms with Gasteiger partial charge in [0.05, 0.1) is 11.6 Å². The Bertz CT molecular complexity index is 1220. The highest BCUT2D eigenvalue weighted by Gasteiger charge is 2.30. The van der Waals surface area contributed by atoms with Crippen molar-refractivity contribution in [2.24, 2.45) is 0 Å². The number of carbonyl (C=O) groups is 2. The maximum Gasteiger partial charge on any atom is 0.261 e. The zero-order chi connectivity index (χ0) is 28.2. The monoisotopic (exact) mass is 594 g/mol. The van der Waals surface area contributed by atoms with Crippen molar-refractivity contribution in [2.75, 3.05) is 20.3 Å². The van der Waals surface area contributed by atoms with Crippen molar-refractivity contribution in [2.45, 2.75) is 58.5 Å². The largest absolute Gasteiger partial charge is 0.497 e. The second-order valence-corrected chi connectivity index (χ2v) is 10.7. The van der Waals surface area contributed by atoms with Crippen LogP contribution in [0.15, 0.2) is 77.3 Å². The zero-order valence-electron chi connectivity index (χ0n) is 23.3. The van der Waals surface area contributed by atoms with Crippen molar-refractivity contribution in [3.63, 3.8) is 0 Å². The van der Waals surface area contributed by atoms with E-state index in [0.717, 1.165) is 28.4 Å². The van der Waals surface area contributed by atoms with Crippen molar-refractivity contribution >= 4 is 27.7 Å². The third-order valence-corrected chi connectivity index (χ3v) is 7.18. The van der Waals surface area contributed by atoms with Gasteiger partial charge in [0.1, 0.15) is 17.5 Å². The van der Waals surface area contributed by atoms with E-state index in [4.69, 9.17) is 9.47 Å². The Kier molecular flexibility index (Phi) is 11.9. The third-order valence-electron chi connectivity index (χ3n) is 6.56. The lowest BCUT2D eigenvalue weighted by Gasteiger charge is -2.31. The minimum absolute atomic E-state index is 0.175. The number of rotatable bonds is 14. The van der Waals surface area contributed by atoms with Gasteiger partial charge in [0.25, 0.3) is 5.91 Å². The minimum atomic E-state index is -0.710. The van der Waals surface area contributed by atoms with E-state index in [0.29, 0.717) is 30.4 Å². The van der Waals surface area contributed by atoms with E-state index in [1.165, 1.54) is 5.56 Å². The number of carbonyl (C=O) groups excluding carboxylic acids is 2. The van der Waals surface area contributed by atoms with Crippen LogP contribution in [0.25, 0.3) is 0 Å². The number of methoxy groups -OCH3 is 1. The summed E-state index contributed by atoms with van der Waals surface area (Å²) in [6.07, 6.45) is 2.23. The van der Waals surface area contributed by atoms with E-state index in [9.17, 15) is 9.59 Å². The highest BCUT2D eigenvalue weighted by atomic mass is 79.9. The van der Waals surface area contributed by atoms with Crippen molar-refractivity contribution in [1.82, 2.24) is 10.2 Å². The molecule has 0 unspecified atom stereocenters. The number of halogens is 1. The van der Waals surface area contributed by atoms with Gasteiger partial charge in [0.2, 0.25) is 5.91 Å². The molecule has 3 rings (SSSR count). The van der Waals surface area contributed by atoms with Crippen LogP contribution in [0.5, 0.6) is 11.5 Å². The third kappa shape index (κ3) is 9.13. The molecule has 7 heteroatoms. The number of hydrogen-bond donors (Lipinski definition) is 1. The summed E-state index contributed by atoms with van der Waals surface area (Å²) in [4.78, 5) is 29.0. The van der Waals surface area contributed by atoms with Gasteiger partial charge in [-0.3, -0.25) is 9.59 Å². The molecule has 0 radical (unpaired) electrons. The molecule has 0 saturated carbocycles. The van der Waals surface area contributed by atoms with Gasteiger partial charge in [0, 0.05) is 19.5 Å². The molecule has 1 N–H and O–H groups in total. The van der Waals surface area contributed by atoms with Gasteiger partial charge in [-0.2, -0.15) is 0 Å². The van der Waals surface area contributed by atoms with Crippen LogP contribution in [-0.2, 0) is 22.6 Å². The van der Waals surface area contributed by atoms with E-state index >= 15 is 0 Å². The van der Waals surface area contributed by atoms with E-state index in [1.807, 2.05) is 72.8 Å². The second kappa shape index (κ2) is 15.3. The first-order chi connectivity index (χ1) is 18.8. The molecule has 3 aromatic rings. The van der Waals surface area contributed by atoms with Crippen LogP contribution in [0, 0.1) is 0 Å². The predicted octanol–water partition coefficient (Wildman–Crippen LogP) is 6.52. The van der Waals surface area contributed by atoms with Gasteiger partial charge in [0.15, 0.2) is 6.61 Å². The normalized spacial score (nSPS) is 11.6. The van der Waals surface area contributed by atoms with E-state index in [1.54, 1.807) is 12.0 Å². The molecule has 0 spiro atoms. The van der Waals surface area contributed by atoms with E-state index < -0.39 is 6.04 Å². The van der Waals surface area contributed by atoms with E-state index in [2.05, 4.69) is 42.0 Å². The Morgan fingerprint density at radius 1 is 0.974 bits per heavy atom. The van der Waals surface area contributed by atoms with Crippen molar-refractivity contribution in [1.29, 1.82) is 0 Å². The Balaban J connectivity index is 1.90. The fourth-order valence-electron chi connectivity index (χ4n) is 4.24. The highest BCUT2D eigenvalue weighted by Crippen LogP contribution is 2.29. The Labute approximate surface area is 240 Å². The Morgan fingerprint density at radius 2 is 1.72 bits per heavy atom. The summed E-state index contributed by atoms with van der Waals surface area (Å²) in [5.74, 6) is 1.20. The molecule has 2 amide bonds. The summed E-state index contributed by atoms with van der Waals surface area (Å²) in [6, 6.07) is 22.5. The first-order valence-electron chi connectivity index (χ1n) is 13.5. The van der Waals surface area contributed by atoms with Crippen LogP contribution in [0.3, 0.4) is 0 Å². The molecule has 0 fully saturated rings. The molecule has 6 nitrogen and oxygen atoms in total. The molecule has 0 aliphatic carbocycles. The quantitative estimate of drug-likeness (QED) is 0.216. The molecular formula is C32H39BrN2O4. The fourth-order valence-corrected chi connectivity index (χ4v) is 4.75. The second-order valence-electron chi connectivity index (χ2n) is 9.86. The summed E-state index contributed by atoms with van der Waals surface area (Å²) in [6.45, 7) is 6.94. The smallest absolute Gasteiger partial charge is 0.261 e. The van der Waals surface area contributed by atoms with Gasteiger partial charge in [-0.05, 0) is 69.2 Å². The van der Waals surface area contributed by atoms with Crippen LogP contribution in [-0.4, -0.2) is 43.0 Å². The van der Waals surface area contributed by atoms with Crippen molar-refractivity contribution < 1.29 is 19.1 Å². The van der Waals surface area contributed by atoms with Crippen molar-refractivity contribution in [3.8, 4) is 11.5 Å². The Hall–Kier alpha value is -3.32. The van der Waals surface area contributed by atoms with Gasteiger partial charge in [-0.15, -0.1) is 0 Å². The molecule has 208 valence electrons. The fraction of sp³-hybridized carbons (Fsp3) is 0.375. The number of nitrogens with one attached hydrogen (secondary N) is 1. The summed E-state index contributed by atoms with van der Waals surface area (Å²) in [7, 11) is 1.61. The molecule has 0 bridgehead atoms. The van der Waals surface area contributed by atoms with Gasteiger partial charge in [-0.25, -0.2) is 0 Å². The predicted molar refractivity (Wildman–Crippen MR) is 159 cm³/mol. The van der Waals surface area contributed by atoms with E-state index in [-0.39, 0.29) is 25.0 Å². The summed E-state index contributed by atoms with van der Waals surface area (Å²) >= 11 is 3.58. The van der Waals surface area contributed by atoms with Gasteiger partial charge >= 0.3 is 0 Å². The van der Waals surface area contributed by atoms with Gasteiger partial charge < -0.3 is 19.7 Å². The number of nitrogens with zero attached hydrogens (tertiary/aromatic N) is 1. The van der Waals surface area contributed by atoms with Crippen LogP contribution in [0.4, 0.5) is 0 Å². The molecule has 0 aliphatic rings. The molecule has 0 aliphatic heterocycles. The first-order valence-corrected chi connectivity index (χ1v) is 14.3. The topological polar surface area (TPSA) is 67.9 Å². The van der Waals surface area contributed by atoms with Gasteiger partial charge in [-0.1, -0.05) is 75.7 Å². The maximum atomic E-state index is 13.8. The number of benzene rings is 3.